The van der Waals surface area contributed by atoms with E-state index in [2.05, 4.69) is 13.2 Å². The van der Waals surface area contributed by atoms with Crippen LogP contribution in [0.25, 0.3) is 0 Å². The summed E-state index contributed by atoms with van der Waals surface area (Å²) >= 11 is 0. The molecular weight excluding hydrogens is 310 g/mol. The Hall–Kier alpha value is -2.34. The van der Waals surface area contributed by atoms with E-state index in [1.54, 1.807) is 38.1 Å². The number of hydrogen-bond donors (Lipinski definition) is 0. The smallest absolute Gasteiger partial charge is 0.322 e. The number of rotatable bonds is 11. The van der Waals surface area contributed by atoms with Crippen molar-refractivity contribution in [3.63, 3.8) is 0 Å². The highest BCUT2D eigenvalue weighted by Gasteiger charge is 2.42. The summed E-state index contributed by atoms with van der Waals surface area (Å²) in [6.45, 7) is 12.0. The van der Waals surface area contributed by atoms with E-state index in [9.17, 15) is 9.59 Å². The fourth-order valence-electron chi connectivity index (χ4n) is 2.47. The summed E-state index contributed by atoms with van der Waals surface area (Å²) < 4.78 is 15.7. The Balaban J connectivity index is 3.32. The molecule has 6 nitrogen and oxygen atoms in total. The molecule has 0 aliphatic carbocycles. The van der Waals surface area contributed by atoms with Crippen molar-refractivity contribution in [3.05, 3.63) is 49.5 Å². The molecule has 132 valence electrons. The van der Waals surface area contributed by atoms with Crippen molar-refractivity contribution in [2.45, 2.75) is 19.9 Å². The third-order valence-corrected chi connectivity index (χ3v) is 3.35. The summed E-state index contributed by atoms with van der Waals surface area (Å²) in [6.07, 6.45) is 4.87. The number of nitrogens with zero attached hydrogens (tertiary/aromatic N) is 1. The number of hydrogen-bond acceptors (Lipinski definition) is 6. The topological polar surface area (TPSA) is 69.0 Å². The van der Waals surface area contributed by atoms with Crippen LogP contribution in [0.2, 0.25) is 0 Å². The molecule has 0 N–H and O–H groups in total. The standard InChI is InChI=1S/C18H25NO5/c1-5-11-19(12-6-2)16(14-10-9-13-24-14)15(17(20)22-7-3)18(21)23-8-4/h5-6,9-10,13,15-16H,1-2,7-8,11-12H2,3-4H3. The number of furan rings is 1. The Morgan fingerprint density at radius 1 is 1.17 bits per heavy atom. The van der Waals surface area contributed by atoms with Crippen LogP contribution < -0.4 is 0 Å². The third kappa shape index (κ3) is 5.09. The summed E-state index contributed by atoms with van der Waals surface area (Å²) in [7, 11) is 0. The van der Waals surface area contributed by atoms with Crippen molar-refractivity contribution in [1.82, 2.24) is 4.90 Å². The van der Waals surface area contributed by atoms with Gasteiger partial charge in [-0.3, -0.25) is 14.5 Å². The molecule has 1 unspecified atom stereocenters. The molecule has 0 fully saturated rings. The molecule has 0 saturated carbocycles. The second-order valence-corrected chi connectivity index (χ2v) is 4.97. The SMILES string of the molecule is C=CCN(CC=C)C(c1ccco1)C(C(=O)OCC)C(=O)OCC. The van der Waals surface area contributed by atoms with E-state index in [1.165, 1.54) is 6.26 Å². The maximum absolute atomic E-state index is 12.5. The first-order chi connectivity index (χ1) is 11.6. The van der Waals surface area contributed by atoms with Gasteiger partial charge in [0.05, 0.1) is 25.5 Å². The molecule has 0 saturated heterocycles. The Morgan fingerprint density at radius 3 is 2.08 bits per heavy atom. The molecule has 1 aromatic rings. The van der Waals surface area contributed by atoms with Crippen LogP contribution in [0.3, 0.4) is 0 Å². The Kier molecular flexibility index (Phi) is 8.57. The predicted octanol–water partition coefficient (Wildman–Crippen LogP) is 2.74. The van der Waals surface area contributed by atoms with Gasteiger partial charge >= 0.3 is 11.9 Å². The highest BCUT2D eigenvalue weighted by atomic mass is 16.6. The first kappa shape index (κ1) is 19.7. The molecular formula is C18H25NO5. The van der Waals surface area contributed by atoms with Crippen molar-refractivity contribution in [1.29, 1.82) is 0 Å². The lowest BCUT2D eigenvalue weighted by Gasteiger charge is -2.32. The molecule has 0 aliphatic heterocycles. The van der Waals surface area contributed by atoms with Gasteiger partial charge in [0, 0.05) is 13.1 Å². The molecule has 0 aliphatic rings. The molecule has 0 bridgehead atoms. The monoisotopic (exact) mass is 335 g/mol. The van der Waals surface area contributed by atoms with Gasteiger partial charge in [-0.1, -0.05) is 12.2 Å². The highest BCUT2D eigenvalue weighted by molar-refractivity contribution is 5.96. The molecule has 0 spiro atoms. The van der Waals surface area contributed by atoms with E-state index in [4.69, 9.17) is 13.9 Å². The molecule has 1 atom stereocenters. The molecule has 0 radical (unpaired) electrons. The van der Waals surface area contributed by atoms with Crippen LogP contribution in [0.15, 0.2) is 48.1 Å². The van der Waals surface area contributed by atoms with Crippen LogP contribution >= 0.6 is 0 Å². The van der Waals surface area contributed by atoms with Crippen LogP contribution in [0.4, 0.5) is 0 Å². The predicted molar refractivity (Wildman–Crippen MR) is 90.2 cm³/mol. The zero-order valence-electron chi connectivity index (χ0n) is 14.3. The summed E-state index contributed by atoms with van der Waals surface area (Å²) in [6, 6.07) is 2.75. The van der Waals surface area contributed by atoms with Crippen LogP contribution in [-0.2, 0) is 19.1 Å². The first-order valence-corrected chi connectivity index (χ1v) is 7.93. The van der Waals surface area contributed by atoms with E-state index in [1.807, 2.05) is 4.90 Å². The summed E-state index contributed by atoms with van der Waals surface area (Å²) in [5.74, 6) is -1.97. The summed E-state index contributed by atoms with van der Waals surface area (Å²) in [5, 5.41) is 0. The fraction of sp³-hybridized carbons (Fsp3) is 0.444. The molecule has 0 amide bonds. The fourth-order valence-corrected chi connectivity index (χ4v) is 2.47. The lowest BCUT2D eigenvalue weighted by atomic mass is 9.95. The minimum absolute atomic E-state index is 0.169. The Morgan fingerprint density at radius 2 is 1.71 bits per heavy atom. The van der Waals surface area contributed by atoms with Gasteiger partial charge in [0.25, 0.3) is 0 Å². The van der Waals surface area contributed by atoms with Crippen molar-refractivity contribution in [2.24, 2.45) is 5.92 Å². The first-order valence-electron chi connectivity index (χ1n) is 7.93. The van der Waals surface area contributed by atoms with Crippen LogP contribution in [-0.4, -0.2) is 43.1 Å². The maximum atomic E-state index is 12.5. The number of esters is 2. The number of carbonyl (C=O) groups excluding carboxylic acids is 2. The summed E-state index contributed by atoms with van der Waals surface area (Å²) in [5.41, 5.74) is 0. The average Bonchev–Trinajstić information content (AvgIpc) is 3.06. The van der Waals surface area contributed by atoms with Gasteiger partial charge in [-0.05, 0) is 26.0 Å². The molecule has 6 heteroatoms. The van der Waals surface area contributed by atoms with E-state index < -0.39 is 23.9 Å². The van der Waals surface area contributed by atoms with Crippen LogP contribution in [0.1, 0.15) is 25.6 Å². The lowest BCUT2D eigenvalue weighted by Crippen LogP contribution is -2.42. The van der Waals surface area contributed by atoms with Crippen LogP contribution in [0, 0.1) is 5.92 Å². The largest absolute Gasteiger partial charge is 0.468 e. The molecule has 24 heavy (non-hydrogen) atoms. The quantitative estimate of drug-likeness (QED) is 0.352. The van der Waals surface area contributed by atoms with E-state index >= 15 is 0 Å². The van der Waals surface area contributed by atoms with Crippen molar-refractivity contribution in [3.8, 4) is 0 Å². The van der Waals surface area contributed by atoms with Crippen molar-refractivity contribution >= 4 is 11.9 Å². The Bertz CT molecular complexity index is 510. The van der Waals surface area contributed by atoms with Gasteiger partial charge in [0.15, 0.2) is 5.92 Å². The van der Waals surface area contributed by atoms with Crippen molar-refractivity contribution in [2.75, 3.05) is 26.3 Å². The zero-order valence-corrected chi connectivity index (χ0v) is 14.3. The zero-order chi connectivity index (χ0) is 17.9. The van der Waals surface area contributed by atoms with E-state index in [-0.39, 0.29) is 13.2 Å². The van der Waals surface area contributed by atoms with Gasteiger partial charge in [-0.15, -0.1) is 13.2 Å². The molecule has 0 aromatic carbocycles. The molecule has 1 rings (SSSR count). The third-order valence-electron chi connectivity index (χ3n) is 3.35. The second-order valence-electron chi connectivity index (χ2n) is 4.97. The minimum atomic E-state index is -1.16. The highest BCUT2D eigenvalue weighted by Crippen LogP contribution is 2.31. The number of carbonyl (C=O) groups is 2. The van der Waals surface area contributed by atoms with Gasteiger partial charge in [-0.2, -0.15) is 0 Å². The van der Waals surface area contributed by atoms with Crippen molar-refractivity contribution < 1.29 is 23.5 Å². The van der Waals surface area contributed by atoms with Gasteiger partial charge < -0.3 is 13.9 Å². The second kappa shape index (κ2) is 10.4. The van der Waals surface area contributed by atoms with Gasteiger partial charge in [-0.25, -0.2) is 0 Å². The number of ether oxygens (including phenoxy) is 2. The Labute approximate surface area is 142 Å². The van der Waals surface area contributed by atoms with Gasteiger partial charge in [0.1, 0.15) is 5.76 Å². The average molecular weight is 335 g/mol. The summed E-state index contributed by atoms with van der Waals surface area (Å²) in [4.78, 5) is 26.8. The minimum Gasteiger partial charge on any atom is -0.468 e. The van der Waals surface area contributed by atoms with E-state index in [0.29, 0.717) is 18.8 Å². The normalized spacial score (nSPS) is 12.0. The van der Waals surface area contributed by atoms with E-state index in [0.717, 1.165) is 0 Å². The maximum Gasteiger partial charge on any atom is 0.322 e. The van der Waals surface area contributed by atoms with Gasteiger partial charge in [0.2, 0.25) is 0 Å². The molecule has 1 heterocycles. The van der Waals surface area contributed by atoms with Crippen LogP contribution in [0.5, 0.6) is 0 Å². The molecule has 1 aromatic heterocycles. The lowest BCUT2D eigenvalue weighted by molar-refractivity contribution is -0.165.